The van der Waals surface area contributed by atoms with Gasteiger partial charge in [0.25, 0.3) is 0 Å². The molecule has 0 spiro atoms. The largest absolute Gasteiger partial charge is 0.469 e. The number of rotatable bonds is 4. The summed E-state index contributed by atoms with van der Waals surface area (Å²) in [4.78, 5) is 26.5. The van der Waals surface area contributed by atoms with E-state index >= 15 is 0 Å². The lowest BCUT2D eigenvalue weighted by Gasteiger charge is -2.04. The van der Waals surface area contributed by atoms with E-state index in [-0.39, 0.29) is 24.6 Å². The van der Waals surface area contributed by atoms with Gasteiger partial charge in [0.2, 0.25) is 5.91 Å². The third-order valence-electron chi connectivity index (χ3n) is 2.25. The number of esters is 1. The number of hydrogen-bond acceptors (Lipinski definition) is 4. The Labute approximate surface area is 125 Å². The molecule has 0 fully saturated rings. The van der Waals surface area contributed by atoms with E-state index in [1.165, 1.54) is 7.11 Å². The minimum atomic E-state index is -1.44. The fraction of sp³-hybridized carbons (Fsp3) is 0.400. The van der Waals surface area contributed by atoms with E-state index < -0.39 is 14.0 Å². The number of ether oxygens (including phenoxy) is 1. The van der Waals surface area contributed by atoms with E-state index in [1.807, 2.05) is 0 Å². The maximum Gasteiger partial charge on any atom is 0.306 e. The number of amides is 1. The molecule has 0 aromatic carbocycles. The zero-order chi connectivity index (χ0) is 15.9. The Morgan fingerprint density at radius 3 is 2.57 bits per heavy atom. The number of carbonyl (C=O) groups is 2. The van der Waals surface area contributed by atoms with Gasteiger partial charge in [-0.1, -0.05) is 25.6 Å². The van der Waals surface area contributed by atoms with Crippen LogP contribution in [0.1, 0.15) is 12.8 Å². The van der Waals surface area contributed by atoms with Crippen molar-refractivity contribution in [3.8, 4) is 11.5 Å². The van der Waals surface area contributed by atoms with Crippen LogP contribution in [0.25, 0.3) is 0 Å². The average molecular weight is 302 g/mol. The van der Waals surface area contributed by atoms with Gasteiger partial charge in [-0.3, -0.25) is 9.59 Å². The van der Waals surface area contributed by atoms with Crippen LogP contribution in [0.4, 0.5) is 0 Å². The predicted octanol–water partition coefficient (Wildman–Crippen LogP) is 1.54. The monoisotopic (exact) mass is 302 g/mol. The molecule has 0 bridgehead atoms. The fourth-order valence-electron chi connectivity index (χ4n) is 1.21. The highest BCUT2D eigenvalue weighted by molar-refractivity contribution is 6.83. The average Bonchev–Trinajstić information content (AvgIpc) is 2.43. The zero-order valence-corrected chi connectivity index (χ0v) is 13.7. The Hall–Kier alpha value is -2.31. The summed E-state index contributed by atoms with van der Waals surface area (Å²) in [6, 6.07) is 0. The third kappa shape index (κ3) is 7.14. The first kappa shape index (κ1) is 16.7. The molecule has 0 aromatic rings. The van der Waals surface area contributed by atoms with Crippen molar-refractivity contribution in [2.24, 2.45) is 4.99 Å². The lowest BCUT2D eigenvalue weighted by molar-refractivity contribution is -0.142. The first-order chi connectivity index (χ1) is 9.80. The van der Waals surface area contributed by atoms with E-state index in [2.05, 4.69) is 57.6 Å². The molecule has 110 valence electrons. The van der Waals surface area contributed by atoms with Crippen LogP contribution in [0.15, 0.2) is 27.8 Å². The number of hydrogen-bond donors (Lipinski definition) is 1. The molecule has 1 rings (SSSR count). The number of methoxy groups -OCH3 is 1. The Morgan fingerprint density at radius 1 is 1.33 bits per heavy atom. The highest BCUT2D eigenvalue weighted by Crippen LogP contribution is 2.01. The van der Waals surface area contributed by atoms with Crippen LogP contribution in [0.5, 0.6) is 0 Å². The molecule has 0 unspecified atom stereocenters. The Bertz CT molecular complexity index is 632. The molecule has 0 radical (unpaired) electrons. The van der Waals surface area contributed by atoms with Gasteiger partial charge >= 0.3 is 5.97 Å². The summed E-state index contributed by atoms with van der Waals surface area (Å²) in [5.41, 5.74) is 9.42. The summed E-state index contributed by atoms with van der Waals surface area (Å²) in [5, 5.41) is 2.54. The van der Waals surface area contributed by atoms with Gasteiger partial charge < -0.3 is 10.1 Å². The molecule has 0 aliphatic carbocycles. The SMILES string of the molecule is COC(=O)CCC(=O)NC1=C=C=C(C#C[Si](C)(C)C)C=N1. The minimum Gasteiger partial charge on any atom is -0.469 e. The zero-order valence-electron chi connectivity index (χ0n) is 12.7. The van der Waals surface area contributed by atoms with Crippen molar-refractivity contribution >= 4 is 26.2 Å². The van der Waals surface area contributed by atoms with Crippen molar-refractivity contribution < 1.29 is 14.3 Å². The molecule has 21 heavy (non-hydrogen) atoms. The normalized spacial score (nSPS) is 12.8. The lowest BCUT2D eigenvalue weighted by atomic mass is 10.3. The smallest absolute Gasteiger partial charge is 0.306 e. The molecule has 1 N–H and O–H groups in total. The van der Waals surface area contributed by atoms with Crippen LogP contribution >= 0.6 is 0 Å². The molecule has 1 amide bonds. The van der Waals surface area contributed by atoms with Crippen LogP contribution in [-0.4, -0.2) is 33.3 Å². The van der Waals surface area contributed by atoms with Gasteiger partial charge in [0.15, 0.2) is 5.82 Å². The van der Waals surface area contributed by atoms with Gasteiger partial charge in [-0.2, -0.15) is 0 Å². The standard InChI is InChI=1S/C15H18N2O3Si/c1-20-15(19)8-7-14(18)17-13-6-5-12(11-16-13)9-10-21(2,3)4/h11H,7-8H2,1-4H3,(H,16,17,18). The third-order valence-corrected chi connectivity index (χ3v) is 3.13. The number of nitrogens with zero attached hydrogens (tertiary/aromatic N) is 1. The first-order valence-electron chi connectivity index (χ1n) is 6.50. The van der Waals surface area contributed by atoms with E-state index in [0.717, 1.165) is 0 Å². The van der Waals surface area contributed by atoms with E-state index in [9.17, 15) is 9.59 Å². The first-order valence-corrected chi connectivity index (χ1v) is 10.00. The summed E-state index contributed by atoms with van der Waals surface area (Å²) in [6.07, 6.45) is 1.62. The van der Waals surface area contributed by atoms with Crippen molar-refractivity contribution in [2.45, 2.75) is 32.5 Å². The minimum absolute atomic E-state index is 0.0335. The van der Waals surface area contributed by atoms with Crippen LogP contribution in [0.3, 0.4) is 0 Å². The molecule has 0 atom stereocenters. The summed E-state index contributed by atoms with van der Waals surface area (Å²) >= 11 is 0. The van der Waals surface area contributed by atoms with Crippen molar-refractivity contribution in [2.75, 3.05) is 7.11 Å². The van der Waals surface area contributed by atoms with Crippen molar-refractivity contribution in [1.29, 1.82) is 0 Å². The topological polar surface area (TPSA) is 67.8 Å². The van der Waals surface area contributed by atoms with Crippen LogP contribution in [-0.2, 0) is 14.3 Å². The summed E-state index contributed by atoms with van der Waals surface area (Å²) in [7, 11) is -0.159. The predicted molar refractivity (Wildman–Crippen MR) is 83.1 cm³/mol. The molecule has 1 heterocycles. The summed E-state index contributed by atoms with van der Waals surface area (Å²) in [5.74, 6) is 2.52. The van der Waals surface area contributed by atoms with Crippen LogP contribution < -0.4 is 5.32 Å². The Balaban J connectivity index is 2.66. The second kappa shape index (κ2) is 7.46. The van der Waals surface area contributed by atoms with Crippen molar-refractivity contribution in [3.05, 3.63) is 22.9 Å². The van der Waals surface area contributed by atoms with Crippen LogP contribution in [0, 0.1) is 11.5 Å². The summed E-state index contributed by atoms with van der Waals surface area (Å²) in [6.45, 7) is 6.44. The highest BCUT2D eigenvalue weighted by Gasteiger charge is 2.09. The maximum absolute atomic E-state index is 11.6. The molecule has 6 heteroatoms. The van der Waals surface area contributed by atoms with Crippen LogP contribution in [0.2, 0.25) is 19.6 Å². The highest BCUT2D eigenvalue weighted by atomic mass is 28.3. The number of aliphatic imine (C=N–C) groups is 1. The molecule has 1 aliphatic rings. The van der Waals surface area contributed by atoms with Gasteiger partial charge in [0.05, 0.1) is 25.3 Å². The van der Waals surface area contributed by atoms with E-state index in [1.54, 1.807) is 6.21 Å². The van der Waals surface area contributed by atoms with Gasteiger partial charge in [-0.15, -0.1) is 5.54 Å². The maximum atomic E-state index is 11.6. The molecule has 0 saturated carbocycles. The van der Waals surface area contributed by atoms with Gasteiger partial charge in [-0.05, 0) is 11.5 Å². The van der Waals surface area contributed by atoms with Gasteiger partial charge in [0, 0.05) is 6.42 Å². The molecule has 0 aromatic heterocycles. The van der Waals surface area contributed by atoms with Gasteiger partial charge in [0.1, 0.15) is 8.07 Å². The number of allylic oxidation sites excluding steroid dienone is 1. The number of carbonyl (C=O) groups excluding carboxylic acids is 2. The quantitative estimate of drug-likeness (QED) is 0.371. The Morgan fingerprint density at radius 2 is 2.05 bits per heavy atom. The second-order valence-electron chi connectivity index (χ2n) is 5.39. The lowest BCUT2D eigenvalue weighted by Crippen LogP contribution is -2.22. The number of nitrogens with one attached hydrogen (secondary N) is 1. The van der Waals surface area contributed by atoms with Crippen molar-refractivity contribution in [3.63, 3.8) is 0 Å². The molecule has 5 nitrogen and oxygen atoms in total. The summed E-state index contributed by atoms with van der Waals surface area (Å²) < 4.78 is 4.46. The molecule has 0 saturated heterocycles. The molecular weight excluding hydrogens is 284 g/mol. The molecular formula is C15H18N2O3Si. The Kier molecular flexibility index (Phi) is 5.95. The fourth-order valence-corrected chi connectivity index (χ4v) is 1.72. The second-order valence-corrected chi connectivity index (χ2v) is 10.1. The van der Waals surface area contributed by atoms with E-state index in [4.69, 9.17) is 0 Å². The molecule has 1 aliphatic heterocycles. The van der Waals surface area contributed by atoms with E-state index in [0.29, 0.717) is 5.57 Å². The van der Waals surface area contributed by atoms with Gasteiger partial charge in [-0.25, -0.2) is 4.99 Å². The van der Waals surface area contributed by atoms with Crippen molar-refractivity contribution in [1.82, 2.24) is 5.32 Å².